The Labute approximate surface area is 195 Å². The largest absolute Gasteiger partial charge is 0.466 e. The van der Waals surface area contributed by atoms with E-state index in [1.807, 2.05) is 25.1 Å². The van der Waals surface area contributed by atoms with Crippen molar-refractivity contribution in [1.29, 1.82) is 0 Å². The molecule has 0 fully saturated rings. The molecule has 0 radical (unpaired) electrons. The Morgan fingerprint density at radius 2 is 1.82 bits per heavy atom. The minimum atomic E-state index is -3.79. The Hall–Kier alpha value is -3.45. The number of carbonyl (C=O) groups excluding carboxylic acids is 1. The van der Waals surface area contributed by atoms with E-state index in [-0.39, 0.29) is 17.3 Å². The molecule has 0 aliphatic heterocycles. The number of hydrogen-bond donors (Lipinski definition) is 1. The van der Waals surface area contributed by atoms with Gasteiger partial charge in [-0.2, -0.15) is 0 Å². The molecule has 1 N–H and O–H groups in total. The molecule has 0 atom stereocenters. The van der Waals surface area contributed by atoms with E-state index in [0.717, 1.165) is 22.3 Å². The van der Waals surface area contributed by atoms with E-state index < -0.39 is 10.0 Å². The molecule has 1 heterocycles. The van der Waals surface area contributed by atoms with E-state index in [1.54, 1.807) is 55.7 Å². The van der Waals surface area contributed by atoms with E-state index in [1.165, 1.54) is 0 Å². The number of nitrogens with zero attached hydrogens (tertiary/aromatic N) is 1. The van der Waals surface area contributed by atoms with E-state index >= 15 is 0 Å². The summed E-state index contributed by atoms with van der Waals surface area (Å²) in [5, 5.41) is 0. The lowest BCUT2D eigenvalue weighted by Gasteiger charge is -2.19. The first kappa shape index (κ1) is 24.2. The fourth-order valence-corrected chi connectivity index (χ4v) is 4.72. The van der Waals surface area contributed by atoms with Crippen LogP contribution >= 0.6 is 0 Å². The normalized spacial score (nSPS) is 11.1. The van der Waals surface area contributed by atoms with Gasteiger partial charge in [-0.15, -0.1) is 0 Å². The summed E-state index contributed by atoms with van der Waals surface area (Å²) in [5.41, 5.74) is 4.48. The Morgan fingerprint density at radius 3 is 2.45 bits per heavy atom. The number of aryl methyl sites for hydroxylation is 1. The zero-order valence-electron chi connectivity index (χ0n) is 18.9. The number of aromatic nitrogens is 1. The second kappa shape index (κ2) is 10.9. The number of esters is 1. The van der Waals surface area contributed by atoms with Gasteiger partial charge in [-0.1, -0.05) is 43.8 Å². The maximum atomic E-state index is 13.1. The highest BCUT2D eigenvalue weighted by molar-refractivity contribution is 7.92. The molecule has 1 aromatic heterocycles. The van der Waals surface area contributed by atoms with E-state index in [4.69, 9.17) is 4.74 Å². The number of nitrogens with one attached hydrogen (secondary N) is 1. The molecule has 0 unspecified atom stereocenters. The summed E-state index contributed by atoms with van der Waals surface area (Å²) in [6, 6.07) is 15.7. The van der Waals surface area contributed by atoms with Gasteiger partial charge in [0.1, 0.15) is 0 Å². The zero-order valence-corrected chi connectivity index (χ0v) is 19.7. The van der Waals surface area contributed by atoms with Gasteiger partial charge >= 0.3 is 5.97 Å². The van der Waals surface area contributed by atoms with Crippen LogP contribution in [0.4, 0.5) is 5.69 Å². The summed E-state index contributed by atoms with van der Waals surface area (Å²) in [5.74, 6) is -0.289. The van der Waals surface area contributed by atoms with Gasteiger partial charge in [-0.3, -0.25) is 14.5 Å². The predicted molar refractivity (Wildman–Crippen MR) is 130 cm³/mol. The first-order valence-electron chi connectivity index (χ1n) is 10.8. The lowest BCUT2D eigenvalue weighted by atomic mass is 9.92. The van der Waals surface area contributed by atoms with Gasteiger partial charge in [-0.05, 0) is 71.9 Å². The molecular formula is C26H28N2O4S. The first-order valence-corrected chi connectivity index (χ1v) is 12.3. The minimum Gasteiger partial charge on any atom is -0.466 e. The number of anilines is 1. The van der Waals surface area contributed by atoms with Crippen LogP contribution in [0.5, 0.6) is 0 Å². The van der Waals surface area contributed by atoms with Crippen LogP contribution < -0.4 is 4.72 Å². The molecule has 33 heavy (non-hydrogen) atoms. The molecule has 3 rings (SSSR count). The summed E-state index contributed by atoms with van der Waals surface area (Å²) >= 11 is 0. The highest BCUT2D eigenvalue weighted by atomic mass is 32.2. The highest BCUT2D eigenvalue weighted by Gasteiger charge is 2.19. The van der Waals surface area contributed by atoms with Gasteiger partial charge in [0.05, 0.1) is 17.2 Å². The predicted octanol–water partition coefficient (Wildman–Crippen LogP) is 5.00. The van der Waals surface area contributed by atoms with Crippen LogP contribution in [0.2, 0.25) is 0 Å². The quantitative estimate of drug-likeness (QED) is 0.427. The lowest BCUT2D eigenvalue weighted by molar-refractivity contribution is -0.143. The van der Waals surface area contributed by atoms with Crippen LogP contribution in [-0.2, 0) is 32.4 Å². The van der Waals surface area contributed by atoms with Crippen molar-refractivity contribution in [3.63, 3.8) is 0 Å². The summed E-state index contributed by atoms with van der Waals surface area (Å²) < 4.78 is 34.0. The number of hydrogen-bond acceptors (Lipinski definition) is 5. The fraction of sp³-hybridized carbons (Fsp3) is 0.231. The van der Waals surface area contributed by atoms with E-state index in [9.17, 15) is 13.2 Å². The third-order valence-electron chi connectivity index (χ3n) is 5.26. The Morgan fingerprint density at radius 1 is 1.06 bits per heavy atom. The van der Waals surface area contributed by atoms with Gasteiger partial charge in [0.25, 0.3) is 10.0 Å². The van der Waals surface area contributed by atoms with Crippen molar-refractivity contribution in [2.45, 2.75) is 38.0 Å². The summed E-state index contributed by atoms with van der Waals surface area (Å²) in [4.78, 5) is 16.3. The third-order valence-corrected chi connectivity index (χ3v) is 6.64. The number of benzene rings is 2. The molecular weight excluding hydrogens is 436 g/mol. The number of sulfonamides is 1. The van der Waals surface area contributed by atoms with Gasteiger partial charge in [0.2, 0.25) is 0 Å². The summed E-state index contributed by atoms with van der Waals surface area (Å²) in [6.45, 7) is 8.25. The van der Waals surface area contributed by atoms with Crippen LogP contribution in [0.3, 0.4) is 0 Å². The Balaban J connectivity index is 2.06. The first-order chi connectivity index (χ1) is 15.9. The highest BCUT2D eigenvalue weighted by Crippen LogP contribution is 2.31. The van der Waals surface area contributed by atoms with E-state index in [2.05, 4.69) is 16.3 Å². The molecule has 172 valence electrons. The van der Waals surface area contributed by atoms with Gasteiger partial charge in [0.15, 0.2) is 0 Å². The smallest absolute Gasteiger partial charge is 0.306 e. The average Bonchev–Trinajstić information content (AvgIpc) is 2.83. The molecule has 0 aliphatic carbocycles. The van der Waals surface area contributed by atoms with Gasteiger partial charge < -0.3 is 4.74 Å². The van der Waals surface area contributed by atoms with Crippen molar-refractivity contribution in [3.8, 4) is 0 Å². The van der Waals surface area contributed by atoms with Gasteiger partial charge in [-0.25, -0.2) is 8.42 Å². The van der Waals surface area contributed by atoms with E-state index in [0.29, 0.717) is 30.7 Å². The van der Waals surface area contributed by atoms with Crippen molar-refractivity contribution >= 4 is 27.3 Å². The second-order valence-electron chi connectivity index (χ2n) is 7.46. The van der Waals surface area contributed by atoms with Crippen LogP contribution in [0.25, 0.3) is 5.57 Å². The minimum absolute atomic E-state index is 0.177. The lowest BCUT2D eigenvalue weighted by Crippen LogP contribution is -2.15. The van der Waals surface area contributed by atoms with Crippen LogP contribution in [0, 0.1) is 0 Å². The summed E-state index contributed by atoms with van der Waals surface area (Å²) in [7, 11) is -3.79. The monoisotopic (exact) mass is 464 g/mol. The van der Waals surface area contributed by atoms with Crippen molar-refractivity contribution < 1.29 is 17.9 Å². The Kier molecular flexibility index (Phi) is 8.01. The van der Waals surface area contributed by atoms with Crippen LogP contribution in [-0.4, -0.2) is 26.0 Å². The van der Waals surface area contributed by atoms with Crippen molar-refractivity contribution in [2.24, 2.45) is 0 Å². The maximum Gasteiger partial charge on any atom is 0.306 e. The second-order valence-corrected chi connectivity index (χ2v) is 9.14. The van der Waals surface area contributed by atoms with Gasteiger partial charge in [0, 0.05) is 18.8 Å². The molecule has 2 aromatic carbocycles. The van der Waals surface area contributed by atoms with Crippen molar-refractivity contribution in [3.05, 3.63) is 95.8 Å². The summed E-state index contributed by atoms with van der Waals surface area (Å²) in [6.07, 6.45) is 4.61. The average molecular weight is 465 g/mol. The molecule has 3 aromatic rings. The maximum absolute atomic E-state index is 13.1. The molecule has 7 heteroatoms. The SMILES string of the molecule is C=C(c1cccnc1)c1cc(CCC(=O)OCC)c(CC)c(NS(=O)(=O)c2ccccc2)c1. The molecule has 0 spiro atoms. The molecule has 6 nitrogen and oxygen atoms in total. The Bertz CT molecular complexity index is 1220. The van der Waals surface area contributed by atoms with Crippen LogP contribution in [0.1, 0.15) is 42.5 Å². The molecule has 0 aliphatic rings. The number of carbonyl (C=O) groups is 1. The van der Waals surface area contributed by atoms with Crippen molar-refractivity contribution in [1.82, 2.24) is 4.98 Å². The molecule has 0 saturated carbocycles. The third kappa shape index (κ3) is 6.08. The number of rotatable bonds is 10. The van der Waals surface area contributed by atoms with Crippen LogP contribution in [0.15, 0.2) is 78.5 Å². The molecule has 0 saturated heterocycles. The molecule has 0 amide bonds. The topological polar surface area (TPSA) is 85.4 Å². The fourth-order valence-electron chi connectivity index (χ4n) is 3.62. The number of pyridine rings is 1. The zero-order chi connectivity index (χ0) is 23.8. The van der Waals surface area contributed by atoms with Crippen molar-refractivity contribution in [2.75, 3.05) is 11.3 Å². The number of ether oxygens (including phenoxy) is 1. The molecule has 0 bridgehead atoms. The standard InChI is InChI=1S/C26H28N2O4S/c1-4-24-20(13-14-26(29)32-5-2)16-22(19(3)21-10-9-15-27-18-21)17-25(24)28-33(30,31)23-11-7-6-8-12-23/h6-12,15-18,28H,3-5,13-14H2,1-2H3.